The van der Waals surface area contributed by atoms with Gasteiger partial charge in [0.25, 0.3) is 0 Å². The minimum Gasteiger partial charge on any atom is -0.508 e. The first-order chi connectivity index (χ1) is 10.7. The molecule has 3 rings (SSSR count). The van der Waals surface area contributed by atoms with Gasteiger partial charge in [0.1, 0.15) is 5.75 Å². The van der Waals surface area contributed by atoms with Gasteiger partial charge in [0.2, 0.25) is 0 Å². The molecule has 1 atom stereocenters. The van der Waals surface area contributed by atoms with E-state index in [2.05, 4.69) is 24.3 Å². The Hall–Kier alpha value is -2.61. The summed E-state index contributed by atoms with van der Waals surface area (Å²) >= 11 is 0. The van der Waals surface area contributed by atoms with Crippen LogP contribution in [0.2, 0.25) is 0 Å². The molecule has 0 spiro atoms. The third-order valence-corrected chi connectivity index (χ3v) is 4.05. The van der Waals surface area contributed by atoms with Gasteiger partial charge >= 0.3 is 0 Å². The van der Waals surface area contributed by atoms with Crippen LogP contribution in [-0.4, -0.2) is 10.9 Å². The molecule has 0 saturated carbocycles. The molecule has 0 fully saturated rings. The Balaban J connectivity index is 1.98. The molecule has 0 amide bonds. The van der Waals surface area contributed by atoms with Gasteiger partial charge in [-0.15, -0.1) is 0 Å². The SMILES string of the molecule is CCC(C(=O)c1ccc(O)cc1)c1ccc2ccccc2c1. The fourth-order valence-corrected chi connectivity index (χ4v) is 2.82. The highest BCUT2D eigenvalue weighted by Crippen LogP contribution is 2.28. The summed E-state index contributed by atoms with van der Waals surface area (Å²) in [6.45, 7) is 2.03. The topological polar surface area (TPSA) is 37.3 Å². The molecule has 0 heterocycles. The Kier molecular flexibility index (Phi) is 3.92. The monoisotopic (exact) mass is 290 g/mol. The second-order valence-electron chi connectivity index (χ2n) is 5.48. The van der Waals surface area contributed by atoms with Crippen molar-refractivity contribution in [1.29, 1.82) is 0 Å². The molecule has 0 radical (unpaired) electrons. The lowest BCUT2D eigenvalue weighted by atomic mass is 9.87. The minimum atomic E-state index is -0.158. The Labute approximate surface area is 130 Å². The number of phenolic OH excluding ortho intramolecular Hbond substituents is 1. The van der Waals surface area contributed by atoms with E-state index in [1.807, 2.05) is 25.1 Å². The number of fused-ring (bicyclic) bond motifs is 1. The molecule has 1 unspecified atom stereocenters. The summed E-state index contributed by atoms with van der Waals surface area (Å²) in [5.74, 6) is 0.113. The molecule has 3 aromatic rings. The van der Waals surface area contributed by atoms with Crippen LogP contribution in [0.4, 0.5) is 0 Å². The summed E-state index contributed by atoms with van der Waals surface area (Å²) in [5, 5.41) is 11.7. The molecule has 3 aromatic carbocycles. The predicted molar refractivity (Wildman–Crippen MR) is 89.4 cm³/mol. The summed E-state index contributed by atoms with van der Waals surface area (Å²) in [5.41, 5.74) is 1.68. The molecule has 1 N–H and O–H groups in total. The highest BCUT2D eigenvalue weighted by molar-refractivity contribution is 6.01. The van der Waals surface area contributed by atoms with Crippen molar-refractivity contribution in [3.8, 4) is 5.75 Å². The Morgan fingerprint density at radius 1 is 0.955 bits per heavy atom. The smallest absolute Gasteiger partial charge is 0.170 e. The second-order valence-corrected chi connectivity index (χ2v) is 5.48. The first kappa shape index (κ1) is 14.3. The predicted octanol–water partition coefficient (Wildman–Crippen LogP) is 4.92. The summed E-state index contributed by atoms with van der Waals surface area (Å²) in [6.07, 6.45) is 0.748. The molecule has 0 saturated heterocycles. The Morgan fingerprint density at radius 3 is 2.32 bits per heavy atom. The summed E-state index contributed by atoms with van der Waals surface area (Å²) in [4.78, 5) is 12.7. The number of benzene rings is 3. The molecule has 0 aromatic heterocycles. The number of Topliss-reactive ketones (excluding diaryl/α,β-unsaturated/α-hetero) is 1. The number of phenols is 1. The third-order valence-electron chi connectivity index (χ3n) is 4.05. The highest BCUT2D eigenvalue weighted by atomic mass is 16.3. The molecule has 2 nitrogen and oxygen atoms in total. The first-order valence-electron chi connectivity index (χ1n) is 7.51. The number of aromatic hydroxyl groups is 1. The largest absolute Gasteiger partial charge is 0.508 e. The molecule has 0 aliphatic heterocycles. The molecule has 0 aliphatic rings. The van der Waals surface area contributed by atoms with E-state index in [1.165, 1.54) is 5.39 Å². The number of ketones is 1. The van der Waals surface area contributed by atoms with Crippen molar-refractivity contribution in [2.75, 3.05) is 0 Å². The van der Waals surface area contributed by atoms with Crippen molar-refractivity contribution in [3.05, 3.63) is 77.9 Å². The van der Waals surface area contributed by atoms with E-state index < -0.39 is 0 Å². The van der Waals surface area contributed by atoms with Crippen LogP contribution >= 0.6 is 0 Å². The number of carbonyl (C=O) groups is 1. The summed E-state index contributed by atoms with van der Waals surface area (Å²) in [6, 6.07) is 20.8. The zero-order valence-corrected chi connectivity index (χ0v) is 12.5. The van der Waals surface area contributed by atoms with E-state index in [9.17, 15) is 9.90 Å². The fraction of sp³-hybridized carbons (Fsp3) is 0.150. The van der Waals surface area contributed by atoms with Gasteiger partial charge in [-0.25, -0.2) is 0 Å². The van der Waals surface area contributed by atoms with Crippen LogP contribution in [0.3, 0.4) is 0 Å². The fourth-order valence-electron chi connectivity index (χ4n) is 2.82. The Bertz CT molecular complexity index is 803. The lowest BCUT2D eigenvalue weighted by molar-refractivity contribution is 0.0957. The Morgan fingerprint density at radius 2 is 1.64 bits per heavy atom. The summed E-state index contributed by atoms with van der Waals surface area (Å²) in [7, 11) is 0. The van der Waals surface area contributed by atoms with Crippen molar-refractivity contribution < 1.29 is 9.90 Å². The maximum absolute atomic E-state index is 12.7. The first-order valence-corrected chi connectivity index (χ1v) is 7.51. The molecule has 0 bridgehead atoms. The molecule has 2 heteroatoms. The van der Waals surface area contributed by atoms with Crippen LogP contribution in [-0.2, 0) is 0 Å². The van der Waals surface area contributed by atoms with Crippen molar-refractivity contribution in [1.82, 2.24) is 0 Å². The van der Waals surface area contributed by atoms with E-state index in [0.29, 0.717) is 5.56 Å². The van der Waals surface area contributed by atoms with Crippen LogP contribution in [0, 0.1) is 0 Å². The van der Waals surface area contributed by atoms with Crippen LogP contribution in [0.1, 0.15) is 35.2 Å². The minimum absolute atomic E-state index is 0.0952. The summed E-state index contributed by atoms with van der Waals surface area (Å²) < 4.78 is 0. The van der Waals surface area contributed by atoms with Gasteiger partial charge in [-0.1, -0.05) is 49.4 Å². The highest BCUT2D eigenvalue weighted by Gasteiger charge is 2.20. The van der Waals surface area contributed by atoms with Crippen LogP contribution < -0.4 is 0 Å². The lowest BCUT2D eigenvalue weighted by Crippen LogP contribution is -2.12. The van der Waals surface area contributed by atoms with Crippen molar-refractivity contribution in [2.24, 2.45) is 0 Å². The van der Waals surface area contributed by atoms with E-state index in [1.54, 1.807) is 24.3 Å². The normalized spacial score (nSPS) is 12.2. The van der Waals surface area contributed by atoms with Crippen molar-refractivity contribution in [2.45, 2.75) is 19.3 Å². The van der Waals surface area contributed by atoms with Crippen LogP contribution in [0.25, 0.3) is 10.8 Å². The third kappa shape index (κ3) is 2.73. The standard InChI is InChI=1S/C20H18O2/c1-2-19(20(22)15-9-11-18(21)12-10-15)17-8-7-14-5-3-4-6-16(14)13-17/h3-13,19,21H,2H2,1H3. The number of rotatable bonds is 4. The van der Waals surface area contributed by atoms with Crippen molar-refractivity contribution >= 4 is 16.6 Å². The van der Waals surface area contributed by atoms with Crippen LogP contribution in [0.5, 0.6) is 5.75 Å². The molecular weight excluding hydrogens is 272 g/mol. The van der Waals surface area contributed by atoms with Crippen molar-refractivity contribution in [3.63, 3.8) is 0 Å². The van der Waals surface area contributed by atoms with Gasteiger partial charge in [0.05, 0.1) is 0 Å². The van der Waals surface area contributed by atoms with Crippen LogP contribution in [0.15, 0.2) is 66.7 Å². The van der Waals surface area contributed by atoms with Gasteiger partial charge < -0.3 is 5.11 Å². The lowest BCUT2D eigenvalue weighted by Gasteiger charge is -2.15. The second kappa shape index (κ2) is 6.02. The van der Waals surface area contributed by atoms with Gasteiger partial charge in [0.15, 0.2) is 5.78 Å². The van der Waals surface area contributed by atoms with Gasteiger partial charge in [-0.2, -0.15) is 0 Å². The number of hydrogen-bond acceptors (Lipinski definition) is 2. The van der Waals surface area contributed by atoms with Gasteiger partial charge in [-0.05, 0) is 47.0 Å². The van der Waals surface area contributed by atoms with E-state index in [0.717, 1.165) is 17.4 Å². The molecular formula is C20H18O2. The number of hydrogen-bond donors (Lipinski definition) is 1. The molecule has 110 valence electrons. The molecule has 0 aliphatic carbocycles. The van der Waals surface area contributed by atoms with E-state index >= 15 is 0 Å². The van der Waals surface area contributed by atoms with E-state index in [4.69, 9.17) is 0 Å². The average Bonchev–Trinajstić information content (AvgIpc) is 2.56. The average molecular weight is 290 g/mol. The van der Waals surface area contributed by atoms with Gasteiger partial charge in [0, 0.05) is 11.5 Å². The van der Waals surface area contributed by atoms with Gasteiger partial charge in [-0.3, -0.25) is 4.79 Å². The maximum Gasteiger partial charge on any atom is 0.170 e. The zero-order chi connectivity index (χ0) is 15.5. The quantitative estimate of drug-likeness (QED) is 0.692. The zero-order valence-electron chi connectivity index (χ0n) is 12.5. The van der Waals surface area contributed by atoms with E-state index in [-0.39, 0.29) is 17.5 Å². The maximum atomic E-state index is 12.7. The number of carbonyl (C=O) groups excluding carboxylic acids is 1. The molecule has 22 heavy (non-hydrogen) atoms.